The van der Waals surface area contributed by atoms with E-state index in [1.54, 1.807) is 0 Å². The summed E-state index contributed by atoms with van der Waals surface area (Å²) in [4.78, 5) is 24.8. The Kier molecular flexibility index (Phi) is 5.35. The van der Waals surface area contributed by atoms with Crippen molar-refractivity contribution in [3.05, 3.63) is 58.6 Å². The summed E-state index contributed by atoms with van der Waals surface area (Å²) in [5.74, 6) is -2.59. The van der Waals surface area contributed by atoms with Crippen LogP contribution in [0.3, 0.4) is 0 Å². The molecule has 0 bridgehead atoms. The van der Waals surface area contributed by atoms with Gasteiger partial charge in [0.05, 0.1) is 33.5 Å². The fourth-order valence-corrected chi connectivity index (χ4v) is 4.89. The van der Waals surface area contributed by atoms with Gasteiger partial charge in [-0.25, -0.2) is 12.7 Å². The molecule has 1 fully saturated rings. The molecule has 29 heavy (non-hydrogen) atoms. The number of carbonyl (C=O) groups is 2. The van der Waals surface area contributed by atoms with Crippen LogP contribution in [0, 0.1) is 5.92 Å². The highest BCUT2D eigenvalue weighted by molar-refractivity contribution is 7.94. The van der Waals surface area contributed by atoms with Crippen LogP contribution in [-0.2, 0) is 21.0 Å². The molecular formula is C18H14ClF3N2O4S. The number of benzene rings is 2. The summed E-state index contributed by atoms with van der Waals surface area (Å²) in [6.07, 6.45) is -4.58. The van der Waals surface area contributed by atoms with Crippen LogP contribution in [0.5, 0.6) is 0 Å². The first-order valence-corrected chi connectivity index (χ1v) is 10.2. The van der Waals surface area contributed by atoms with Crippen molar-refractivity contribution in [3.63, 3.8) is 0 Å². The van der Waals surface area contributed by atoms with Gasteiger partial charge in [-0.15, -0.1) is 0 Å². The summed E-state index contributed by atoms with van der Waals surface area (Å²) in [7, 11) is -3.89. The maximum absolute atomic E-state index is 12.8. The summed E-state index contributed by atoms with van der Waals surface area (Å²) in [5.41, 5.74) is -1.33. The molecule has 1 N–H and O–H groups in total. The van der Waals surface area contributed by atoms with E-state index in [1.165, 1.54) is 25.1 Å². The fraction of sp³-hybridized carbons (Fsp3) is 0.222. The number of amides is 2. The Morgan fingerprint density at radius 1 is 1.21 bits per heavy atom. The number of anilines is 2. The minimum atomic E-state index is -4.58. The van der Waals surface area contributed by atoms with Crippen molar-refractivity contribution < 1.29 is 31.2 Å². The van der Waals surface area contributed by atoms with Crippen LogP contribution in [-0.4, -0.2) is 26.0 Å². The van der Waals surface area contributed by atoms with Crippen molar-refractivity contribution in [2.45, 2.75) is 13.1 Å². The van der Waals surface area contributed by atoms with Gasteiger partial charge in [-0.2, -0.15) is 13.2 Å². The van der Waals surface area contributed by atoms with Crippen LogP contribution < -0.4 is 9.62 Å². The topological polar surface area (TPSA) is 83.6 Å². The van der Waals surface area contributed by atoms with E-state index in [0.717, 1.165) is 24.3 Å². The Morgan fingerprint density at radius 3 is 2.48 bits per heavy atom. The Balaban J connectivity index is 1.93. The van der Waals surface area contributed by atoms with E-state index in [1.807, 2.05) is 0 Å². The van der Waals surface area contributed by atoms with E-state index >= 15 is 0 Å². The first-order valence-electron chi connectivity index (χ1n) is 8.25. The predicted molar refractivity (Wildman–Crippen MR) is 101 cm³/mol. The molecule has 3 rings (SSSR count). The molecule has 6 nitrogen and oxygen atoms in total. The van der Waals surface area contributed by atoms with Gasteiger partial charge in [0.15, 0.2) is 0 Å². The molecule has 0 aromatic heterocycles. The number of rotatable bonds is 3. The molecule has 2 aromatic carbocycles. The van der Waals surface area contributed by atoms with Crippen molar-refractivity contribution >= 4 is 44.8 Å². The van der Waals surface area contributed by atoms with Crippen molar-refractivity contribution in [2.24, 2.45) is 5.92 Å². The lowest BCUT2D eigenvalue weighted by Gasteiger charge is -2.17. The normalized spacial score (nSPS) is 18.7. The number of nitrogens with zero attached hydrogens (tertiary/aromatic N) is 1. The smallest absolute Gasteiger partial charge is 0.322 e. The van der Waals surface area contributed by atoms with Gasteiger partial charge >= 0.3 is 6.18 Å². The number of alkyl halides is 3. The van der Waals surface area contributed by atoms with Crippen molar-refractivity contribution in [1.82, 2.24) is 0 Å². The zero-order valence-electron chi connectivity index (χ0n) is 14.8. The molecule has 2 amide bonds. The molecule has 0 radical (unpaired) electrons. The number of carbonyl (C=O) groups excluding carboxylic acids is 2. The van der Waals surface area contributed by atoms with E-state index in [2.05, 4.69) is 5.32 Å². The number of hydrogen-bond donors (Lipinski definition) is 1. The second-order valence-corrected chi connectivity index (χ2v) is 8.75. The molecule has 1 saturated heterocycles. The highest BCUT2D eigenvalue weighted by Crippen LogP contribution is 2.33. The van der Waals surface area contributed by atoms with Gasteiger partial charge in [-0.3, -0.25) is 9.59 Å². The number of hydrogen-bond acceptors (Lipinski definition) is 4. The lowest BCUT2D eigenvalue weighted by atomic mass is 10.1. The highest BCUT2D eigenvalue weighted by Gasteiger charge is 2.42. The van der Waals surface area contributed by atoms with Crippen LogP contribution in [0.1, 0.15) is 22.8 Å². The molecule has 1 aliphatic rings. The van der Waals surface area contributed by atoms with Gasteiger partial charge in [0.25, 0.3) is 5.91 Å². The van der Waals surface area contributed by atoms with Gasteiger partial charge in [-0.1, -0.05) is 24.6 Å². The third kappa shape index (κ3) is 4.23. The van der Waals surface area contributed by atoms with E-state index in [-0.39, 0.29) is 27.7 Å². The third-order valence-electron chi connectivity index (χ3n) is 4.24. The van der Waals surface area contributed by atoms with Crippen LogP contribution in [0.25, 0.3) is 0 Å². The lowest BCUT2D eigenvalue weighted by Crippen LogP contribution is -2.30. The molecule has 1 unspecified atom stereocenters. The molecule has 11 heteroatoms. The number of nitrogens with one attached hydrogen (secondary N) is 1. The Bertz CT molecular complexity index is 1100. The minimum Gasteiger partial charge on any atom is -0.322 e. The second-order valence-electron chi connectivity index (χ2n) is 6.48. The average Bonchev–Trinajstić information content (AvgIpc) is 2.82. The quantitative estimate of drug-likeness (QED) is 0.774. The third-order valence-corrected chi connectivity index (χ3v) is 6.44. The van der Waals surface area contributed by atoms with Gasteiger partial charge in [0.1, 0.15) is 0 Å². The number of halogens is 4. The summed E-state index contributed by atoms with van der Waals surface area (Å²) in [6.45, 7) is 1.47. The zero-order valence-corrected chi connectivity index (χ0v) is 16.4. The largest absolute Gasteiger partial charge is 0.416 e. The van der Waals surface area contributed by atoms with E-state index in [9.17, 15) is 31.2 Å². The van der Waals surface area contributed by atoms with Crippen molar-refractivity contribution in [1.29, 1.82) is 0 Å². The molecule has 0 spiro atoms. The van der Waals surface area contributed by atoms with Gasteiger partial charge < -0.3 is 5.32 Å². The molecule has 1 heterocycles. The predicted octanol–water partition coefficient (Wildman–Crippen LogP) is 3.92. The molecule has 0 saturated carbocycles. The monoisotopic (exact) mass is 446 g/mol. The van der Waals surface area contributed by atoms with Crippen LogP contribution >= 0.6 is 11.6 Å². The van der Waals surface area contributed by atoms with Crippen LogP contribution in [0.2, 0.25) is 5.02 Å². The van der Waals surface area contributed by atoms with E-state index in [0.29, 0.717) is 4.31 Å². The Labute approximate surface area is 169 Å². The molecule has 0 aliphatic carbocycles. The highest BCUT2D eigenvalue weighted by atomic mass is 35.5. The summed E-state index contributed by atoms with van der Waals surface area (Å²) in [5, 5.41) is 2.23. The first kappa shape index (κ1) is 21.1. The second kappa shape index (κ2) is 7.34. The molecule has 1 aliphatic heterocycles. The molecule has 154 valence electrons. The molecular weight excluding hydrogens is 433 g/mol. The minimum absolute atomic E-state index is 0.0599. The summed E-state index contributed by atoms with van der Waals surface area (Å²) < 4.78 is 63.6. The van der Waals surface area contributed by atoms with Crippen molar-refractivity contribution in [3.8, 4) is 0 Å². The summed E-state index contributed by atoms with van der Waals surface area (Å²) in [6, 6.07) is 7.63. The maximum Gasteiger partial charge on any atom is 0.416 e. The van der Waals surface area contributed by atoms with Gasteiger partial charge in [0, 0.05) is 5.69 Å². The van der Waals surface area contributed by atoms with E-state index < -0.39 is 39.5 Å². The molecule has 2 aromatic rings. The summed E-state index contributed by atoms with van der Waals surface area (Å²) >= 11 is 6.01. The molecule has 1 atom stereocenters. The first-order chi connectivity index (χ1) is 13.4. The standard InChI is InChI=1S/C18H14ClF3N2O4S/c1-10-9-29(27,28)24(17(10)26)13-5-6-15(19)14(8-13)16(25)23-12-4-2-3-11(7-12)18(20,21)22/h2-8,10H,9H2,1H3,(H,23,25). The average molecular weight is 447 g/mol. The van der Waals surface area contributed by atoms with Crippen LogP contribution in [0.15, 0.2) is 42.5 Å². The van der Waals surface area contributed by atoms with Gasteiger partial charge in [0.2, 0.25) is 15.9 Å². The van der Waals surface area contributed by atoms with Crippen LogP contribution in [0.4, 0.5) is 24.5 Å². The number of sulfonamides is 1. The maximum atomic E-state index is 12.8. The van der Waals surface area contributed by atoms with Gasteiger partial charge in [-0.05, 0) is 36.4 Å². The SMILES string of the molecule is CC1CS(=O)(=O)N(c2ccc(Cl)c(C(=O)Nc3cccc(C(F)(F)F)c3)c2)C1=O. The zero-order chi connectivity index (χ0) is 21.6. The van der Waals surface area contributed by atoms with E-state index in [4.69, 9.17) is 11.6 Å². The Hall–Kier alpha value is -2.59. The lowest BCUT2D eigenvalue weighted by molar-refractivity contribution is -0.137. The fourth-order valence-electron chi connectivity index (χ4n) is 2.87. The van der Waals surface area contributed by atoms with Crippen molar-refractivity contribution in [2.75, 3.05) is 15.4 Å². The Morgan fingerprint density at radius 2 is 1.90 bits per heavy atom.